The van der Waals surface area contributed by atoms with Crippen LogP contribution in [-0.2, 0) is 7.05 Å². The van der Waals surface area contributed by atoms with Gasteiger partial charge < -0.3 is 14.3 Å². The highest BCUT2D eigenvalue weighted by molar-refractivity contribution is 6.12. The Morgan fingerprint density at radius 1 is 1.22 bits per heavy atom. The van der Waals surface area contributed by atoms with E-state index >= 15 is 0 Å². The summed E-state index contributed by atoms with van der Waals surface area (Å²) >= 11 is 0. The molecular formula is C17H13N3O3. The first-order valence-electron chi connectivity index (χ1n) is 7.10. The number of rotatable bonds is 2. The van der Waals surface area contributed by atoms with Crippen LogP contribution in [0.1, 0.15) is 10.4 Å². The SMILES string of the molecule is Cn1ccc2cccc(C(=O)Nc3ccc4oc(=O)[nH]c4c3)c21. The highest BCUT2D eigenvalue weighted by atomic mass is 16.4. The summed E-state index contributed by atoms with van der Waals surface area (Å²) in [7, 11) is 1.90. The lowest BCUT2D eigenvalue weighted by atomic mass is 10.1. The molecule has 4 aromatic rings. The van der Waals surface area contributed by atoms with Crippen LogP contribution in [0.3, 0.4) is 0 Å². The van der Waals surface area contributed by atoms with E-state index in [2.05, 4.69) is 10.3 Å². The van der Waals surface area contributed by atoms with Gasteiger partial charge in [0.05, 0.1) is 16.6 Å². The van der Waals surface area contributed by atoms with Crippen molar-refractivity contribution < 1.29 is 9.21 Å². The quantitative estimate of drug-likeness (QED) is 0.597. The van der Waals surface area contributed by atoms with Crippen molar-refractivity contribution in [3.8, 4) is 0 Å². The molecule has 0 bridgehead atoms. The number of oxazole rings is 1. The first-order valence-corrected chi connectivity index (χ1v) is 7.10. The summed E-state index contributed by atoms with van der Waals surface area (Å²) in [5, 5.41) is 3.86. The van der Waals surface area contributed by atoms with E-state index in [1.54, 1.807) is 24.3 Å². The fourth-order valence-corrected chi connectivity index (χ4v) is 2.77. The molecule has 0 aliphatic rings. The Morgan fingerprint density at radius 3 is 2.96 bits per heavy atom. The van der Waals surface area contributed by atoms with Crippen LogP contribution in [0.5, 0.6) is 0 Å². The molecular weight excluding hydrogens is 294 g/mol. The van der Waals surface area contributed by atoms with E-state index < -0.39 is 5.76 Å². The second kappa shape index (κ2) is 4.88. The molecule has 2 N–H and O–H groups in total. The number of aryl methyl sites for hydroxylation is 1. The van der Waals surface area contributed by atoms with Gasteiger partial charge in [0.15, 0.2) is 5.58 Å². The van der Waals surface area contributed by atoms with Gasteiger partial charge in [0.25, 0.3) is 5.91 Å². The number of fused-ring (bicyclic) bond motifs is 2. The number of aromatic nitrogens is 2. The van der Waals surface area contributed by atoms with E-state index in [0.717, 1.165) is 10.9 Å². The monoisotopic (exact) mass is 307 g/mol. The van der Waals surface area contributed by atoms with Crippen LogP contribution in [0, 0.1) is 0 Å². The average molecular weight is 307 g/mol. The normalized spacial score (nSPS) is 11.2. The van der Waals surface area contributed by atoms with Crippen LogP contribution in [-0.4, -0.2) is 15.5 Å². The number of para-hydroxylation sites is 1. The maximum atomic E-state index is 12.6. The zero-order chi connectivity index (χ0) is 16.0. The third-order valence-corrected chi connectivity index (χ3v) is 3.82. The van der Waals surface area contributed by atoms with Gasteiger partial charge in [0.1, 0.15) is 0 Å². The van der Waals surface area contributed by atoms with Crippen molar-refractivity contribution in [2.75, 3.05) is 5.32 Å². The first-order chi connectivity index (χ1) is 11.1. The summed E-state index contributed by atoms with van der Waals surface area (Å²) in [6, 6.07) is 12.6. The number of anilines is 1. The summed E-state index contributed by atoms with van der Waals surface area (Å²) in [5.41, 5.74) is 3.06. The molecule has 114 valence electrons. The molecule has 0 saturated carbocycles. The fraction of sp³-hybridized carbons (Fsp3) is 0.0588. The molecule has 2 aromatic carbocycles. The van der Waals surface area contributed by atoms with E-state index in [1.165, 1.54) is 0 Å². The van der Waals surface area contributed by atoms with Crippen molar-refractivity contribution in [3.05, 3.63) is 64.8 Å². The van der Waals surface area contributed by atoms with Gasteiger partial charge in [-0.05, 0) is 30.3 Å². The Hall–Kier alpha value is -3.28. The number of carbonyl (C=O) groups is 1. The Labute approximate surface area is 130 Å². The van der Waals surface area contributed by atoms with E-state index in [-0.39, 0.29) is 5.91 Å². The molecule has 0 atom stereocenters. The van der Waals surface area contributed by atoms with Crippen LogP contribution < -0.4 is 11.1 Å². The van der Waals surface area contributed by atoms with Crippen LogP contribution >= 0.6 is 0 Å². The van der Waals surface area contributed by atoms with Crippen molar-refractivity contribution in [2.45, 2.75) is 0 Å². The highest BCUT2D eigenvalue weighted by Gasteiger charge is 2.13. The van der Waals surface area contributed by atoms with Crippen molar-refractivity contribution in [3.63, 3.8) is 0 Å². The molecule has 6 nitrogen and oxygen atoms in total. The van der Waals surface area contributed by atoms with Gasteiger partial charge in [0.2, 0.25) is 0 Å². The third-order valence-electron chi connectivity index (χ3n) is 3.82. The third kappa shape index (κ3) is 2.20. The molecule has 2 aromatic heterocycles. The maximum Gasteiger partial charge on any atom is 0.417 e. The van der Waals surface area contributed by atoms with Crippen molar-refractivity contribution >= 4 is 33.6 Å². The van der Waals surface area contributed by atoms with Crippen LogP contribution in [0.4, 0.5) is 5.69 Å². The minimum absolute atomic E-state index is 0.206. The van der Waals surface area contributed by atoms with Gasteiger partial charge >= 0.3 is 5.76 Å². The number of carbonyl (C=O) groups excluding carboxylic acids is 1. The fourth-order valence-electron chi connectivity index (χ4n) is 2.77. The molecule has 0 unspecified atom stereocenters. The van der Waals surface area contributed by atoms with Crippen LogP contribution in [0.15, 0.2) is 57.9 Å². The molecule has 0 aliphatic carbocycles. The van der Waals surface area contributed by atoms with Crippen molar-refractivity contribution in [1.29, 1.82) is 0 Å². The predicted molar refractivity (Wildman–Crippen MR) is 87.7 cm³/mol. The summed E-state index contributed by atoms with van der Waals surface area (Å²) in [6.07, 6.45) is 1.92. The summed E-state index contributed by atoms with van der Waals surface area (Å²) < 4.78 is 6.87. The zero-order valence-electron chi connectivity index (χ0n) is 12.3. The number of nitrogens with zero attached hydrogens (tertiary/aromatic N) is 1. The molecule has 1 amide bonds. The number of amides is 1. The number of hydrogen-bond acceptors (Lipinski definition) is 3. The lowest BCUT2D eigenvalue weighted by Gasteiger charge is -2.08. The smallest absolute Gasteiger partial charge is 0.408 e. The Bertz CT molecular complexity index is 1100. The van der Waals surface area contributed by atoms with Gasteiger partial charge in [0, 0.05) is 24.3 Å². The molecule has 23 heavy (non-hydrogen) atoms. The summed E-state index contributed by atoms with van der Waals surface area (Å²) in [5.74, 6) is -0.723. The Morgan fingerprint density at radius 2 is 2.09 bits per heavy atom. The second-order valence-electron chi connectivity index (χ2n) is 5.35. The maximum absolute atomic E-state index is 12.6. The average Bonchev–Trinajstić information content (AvgIpc) is 3.09. The molecule has 4 rings (SSSR count). The standard InChI is InChI=1S/C17H13N3O3/c1-20-8-7-10-3-2-4-12(15(10)20)16(21)18-11-5-6-14-13(9-11)19-17(22)23-14/h2-9H,1H3,(H,18,21)(H,19,22). The molecule has 6 heteroatoms. The van der Waals surface area contributed by atoms with E-state index in [1.807, 2.05) is 36.0 Å². The van der Waals surface area contributed by atoms with Gasteiger partial charge in [-0.3, -0.25) is 9.78 Å². The van der Waals surface area contributed by atoms with Gasteiger partial charge in [-0.1, -0.05) is 12.1 Å². The number of H-pyrrole nitrogens is 1. The Kier molecular flexibility index (Phi) is 2.84. The lowest BCUT2D eigenvalue weighted by molar-refractivity contribution is 0.102. The van der Waals surface area contributed by atoms with Gasteiger partial charge in [-0.25, -0.2) is 4.79 Å². The zero-order valence-corrected chi connectivity index (χ0v) is 12.3. The van der Waals surface area contributed by atoms with E-state index in [4.69, 9.17) is 4.42 Å². The van der Waals surface area contributed by atoms with Gasteiger partial charge in [-0.15, -0.1) is 0 Å². The minimum atomic E-state index is -0.517. The molecule has 0 aliphatic heterocycles. The first kappa shape index (κ1) is 13.4. The van der Waals surface area contributed by atoms with Gasteiger partial charge in [-0.2, -0.15) is 0 Å². The molecule has 2 heterocycles. The lowest BCUT2D eigenvalue weighted by Crippen LogP contribution is -2.13. The number of benzene rings is 2. The van der Waals surface area contributed by atoms with Crippen molar-refractivity contribution in [1.82, 2.24) is 9.55 Å². The molecule has 0 fully saturated rings. The number of aromatic amines is 1. The largest absolute Gasteiger partial charge is 0.417 e. The Balaban J connectivity index is 1.73. The highest BCUT2D eigenvalue weighted by Crippen LogP contribution is 2.22. The van der Waals surface area contributed by atoms with Crippen LogP contribution in [0.2, 0.25) is 0 Å². The second-order valence-corrected chi connectivity index (χ2v) is 5.35. The predicted octanol–water partition coefficient (Wildman–Crippen LogP) is 2.87. The van der Waals surface area contributed by atoms with E-state index in [0.29, 0.717) is 22.4 Å². The molecule has 0 spiro atoms. The van der Waals surface area contributed by atoms with Crippen LogP contribution in [0.25, 0.3) is 22.0 Å². The molecule has 0 radical (unpaired) electrons. The van der Waals surface area contributed by atoms with E-state index in [9.17, 15) is 9.59 Å². The summed E-state index contributed by atoms with van der Waals surface area (Å²) in [6.45, 7) is 0. The number of hydrogen-bond donors (Lipinski definition) is 2. The van der Waals surface area contributed by atoms with Crippen molar-refractivity contribution in [2.24, 2.45) is 7.05 Å². The summed E-state index contributed by atoms with van der Waals surface area (Å²) in [4.78, 5) is 26.4. The minimum Gasteiger partial charge on any atom is -0.408 e. The number of nitrogens with one attached hydrogen (secondary N) is 2. The topological polar surface area (TPSA) is 80.0 Å². The molecule has 0 saturated heterocycles.